The molecule has 30 heavy (non-hydrogen) atoms. The zero-order valence-corrected chi connectivity index (χ0v) is 17.2. The van der Waals surface area contributed by atoms with Crippen LogP contribution < -0.4 is 15.4 Å². The van der Waals surface area contributed by atoms with Gasteiger partial charge in [0.1, 0.15) is 11.6 Å². The molecular formula is C24H26FN3O2. The zero-order valence-electron chi connectivity index (χ0n) is 17.2. The van der Waals surface area contributed by atoms with Gasteiger partial charge in [-0.15, -0.1) is 0 Å². The molecule has 1 heterocycles. The van der Waals surface area contributed by atoms with Gasteiger partial charge in [0.2, 0.25) is 5.91 Å². The van der Waals surface area contributed by atoms with Crippen molar-refractivity contribution in [2.24, 2.45) is 0 Å². The lowest BCUT2D eigenvalue weighted by Crippen LogP contribution is -2.24. The van der Waals surface area contributed by atoms with Crippen molar-refractivity contribution in [3.05, 3.63) is 72.2 Å². The summed E-state index contributed by atoms with van der Waals surface area (Å²) < 4.78 is 18.5. The number of aromatic nitrogens is 1. The molecule has 2 N–H and O–H groups in total. The Labute approximate surface area is 176 Å². The van der Waals surface area contributed by atoms with Crippen LogP contribution in [0.3, 0.4) is 0 Å². The van der Waals surface area contributed by atoms with E-state index in [0.29, 0.717) is 12.1 Å². The number of methoxy groups -OCH3 is 1. The highest BCUT2D eigenvalue weighted by atomic mass is 19.1. The smallest absolute Gasteiger partial charge is 0.243 e. The van der Waals surface area contributed by atoms with Crippen LogP contribution in [-0.2, 0) is 4.79 Å². The number of anilines is 1. The third-order valence-electron chi connectivity index (χ3n) is 4.70. The van der Waals surface area contributed by atoms with Gasteiger partial charge in [0.25, 0.3) is 0 Å². The molecule has 3 rings (SSSR count). The Bertz CT molecular complexity index is 1040. The van der Waals surface area contributed by atoms with Gasteiger partial charge in [0.05, 0.1) is 18.3 Å². The minimum absolute atomic E-state index is 0.192. The molecule has 0 aliphatic carbocycles. The van der Waals surface area contributed by atoms with Gasteiger partial charge in [-0.2, -0.15) is 0 Å². The van der Waals surface area contributed by atoms with Gasteiger partial charge in [0, 0.05) is 36.3 Å². The van der Waals surface area contributed by atoms with Crippen LogP contribution in [0.1, 0.15) is 25.3 Å². The molecule has 0 radical (unpaired) electrons. The van der Waals surface area contributed by atoms with Gasteiger partial charge in [-0.25, -0.2) is 4.39 Å². The second-order valence-corrected chi connectivity index (χ2v) is 7.12. The largest absolute Gasteiger partial charge is 0.497 e. The van der Waals surface area contributed by atoms with Crippen molar-refractivity contribution in [3.63, 3.8) is 0 Å². The summed E-state index contributed by atoms with van der Waals surface area (Å²) in [5.74, 6) is 0.267. The van der Waals surface area contributed by atoms with Crippen LogP contribution in [0.25, 0.3) is 17.0 Å². The van der Waals surface area contributed by atoms with Crippen LogP contribution in [0.15, 0.2) is 60.8 Å². The van der Waals surface area contributed by atoms with Gasteiger partial charge < -0.3 is 15.4 Å². The van der Waals surface area contributed by atoms with Crippen LogP contribution in [-0.4, -0.2) is 30.6 Å². The van der Waals surface area contributed by atoms with E-state index in [4.69, 9.17) is 4.74 Å². The van der Waals surface area contributed by atoms with Crippen molar-refractivity contribution in [2.75, 3.05) is 19.0 Å². The minimum atomic E-state index is -0.321. The molecule has 0 spiro atoms. The summed E-state index contributed by atoms with van der Waals surface area (Å²) in [6.45, 7) is 2.66. The lowest BCUT2D eigenvalue weighted by Gasteiger charge is -2.17. The normalized spacial score (nSPS) is 12.1. The average Bonchev–Trinajstić information content (AvgIpc) is 2.75. The summed E-state index contributed by atoms with van der Waals surface area (Å²) in [7, 11) is 1.65. The standard InChI is InChI=1S/C24H26FN3O2/c1-17(28-22-16-21(30-2)15-19-8-5-13-27-24(19)22)6-4-12-26-23(29)11-10-18-7-3-9-20(25)14-18/h3,5,7-11,13-17,28H,4,6,12H2,1-2H3,(H,26,29)/b11-10+. The zero-order chi connectivity index (χ0) is 21.3. The van der Waals surface area contributed by atoms with E-state index in [9.17, 15) is 9.18 Å². The molecule has 0 saturated heterocycles. The molecule has 1 amide bonds. The Kier molecular flexibility index (Phi) is 7.38. The molecule has 2 aromatic carbocycles. The summed E-state index contributed by atoms with van der Waals surface area (Å²) >= 11 is 0. The SMILES string of the molecule is COc1cc(NC(C)CCCNC(=O)/C=C/c2cccc(F)c2)c2ncccc2c1. The summed E-state index contributed by atoms with van der Waals surface area (Å²) in [5.41, 5.74) is 2.49. The van der Waals surface area contributed by atoms with E-state index in [1.165, 1.54) is 18.2 Å². The lowest BCUT2D eigenvalue weighted by atomic mass is 10.1. The van der Waals surface area contributed by atoms with E-state index in [-0.39, 0.29) is 17.8 Å². The summed E-state index contributed by atoms with van der Waals surface area (Å²) in [4.78, 5) is 16.4. The third-order valence-corrected chi connectivity index (χ3v) is 4.70. The predicted octanol–water partition coefficient (Wildman–Crippen LogP) is 4.79. The predicted molar refractivity (Wildman–Crippen MR) is 119 cm³/mol. The maximum absolute atomic E-state index is 13.1. The number of halogens is 1. The van der Waals surface area contributed by atoms with Crippen LogP contribution in [0.4, 0.5) is 10.1 Å². The number of hydrogen-bond acceptors (Lipinski definition) is 4. The fraction of sp³-hybridized carbons (Fsp3) is 0.250. The molecule has 1 atom stereocenters. The summed E-state index contributed by atoms with van der Waals surface area (Å²) in [5, 5.41) is 7.37. The van der Waals surface area contributed by atoms with Crippen molar-refractivity contribution in [3.8, 4) is 5.75 Å². The Morgan fingerprint density at radius 1 is 1.23 bits per heavy atom. The number of ether oxygens (including phenoxy) is 1. The van der Waals surface area contributed by atoms with Crippen molar-refractivity contribution < 1.29 is 13.9 Å². The molecule has 5 nitrogen and oxygen atoms in total. The molecule has 6 heteroatoms. The summed E-state index contributed by atoms with van der Waals surface area (Å²) in [6, 6.07) is 14.1. The van der Waals surface area contributed by atoms with Crippen LogP contribution in [0.5, 0.6) is 5.75 Å². The monoisotopic (exact) mass is 407 g/mol. The fourth-order valence-electron chi connectivity index (χ4n) is 3.19. The minimum Gasteiger partial charge on any atom is -0.497 e. The van der Waals surface area contributed by atoms with E-state index in [2.05, 4.69) is 22.5 Å². The highest BCUT2D eigenvalue weighted by molar-refractivity contribution is 5.92. The number of nitrogens with zero attached hydrogens (tertiary/aromatic N) is 1. The second kappa shape index (κ2) is 10.4. The number of fused-ring (bicyclic) bond motifs is 1. The van der Waals surface area contributed by atoms with Crippen molar-refractivity contribution in [1.82, 2.24) is 10.3 Å². The highest BCUT2D eigenvalue weighted by Gasteiger charge is 2.09. The van der Waals surface area contributed by atoms with Crippen LogP contribution in [0, 0.1) is 5.82 Å². The lowest BCUT2D eigenvalue weighted by molar-refractivity contribution is -0.116. The molecule has 0 aliphatic rings. The highest BCUT2D eigenvalue weighted by Crippen LogP contribution is 2.28. The number of pyridine rings is 1. The van der Waals surface area contributed by atoms with E-state index in [1.54, 1.807) is 31.5 Å². The third kappa shape index (κ3) is 6.04. The number of nitrogens with one attached hydrogen (secondary N) is 2. The van der Waals surface area contributed by atoms with Crippen molar-refractivity contribution >= 4 is 28.6 Å². The number of carbonyl (C=O) groups excluding carboxylic acids is 1. The van der Waals surface area contributed by atoms with Crippen molar-refractivity contribution in [1.29, 1.82) is 0 Å². The number of benzene rings is 2. The molecule has 0 aliphatic heterocycles. The first kappa shape index (κ1) is 21.3. The molecular weight excluding hydrogens is 381 g/mol. The van der Waals surface area contributed by atoms with E-state index >= 15 is 0 Å². The number of rotatable bonds is 9. The van der Waals surface area contributed by atoms with Gasteiger partial charge in [-0.05, 0) is 55.7 Å². The van der Waals surface area contributed by atoms with Crippen molar-refractivity contribution in [2.45, 2.75) is 25.8 Å². The first-order valence-electron chi connectivity index (χ1n) is 9.96. The first-order chi connectivity index (χ1) is 14.5. The van der Waals surface area contributed by atoms with Gasteiger partial charge >= 0.3 is 0 Å². The quantitative estimate of drug-likeness (QED) is 0.395. The molecule has 0 fully saturated rings. The first-order valence-corrected chi connectivity index (χ1v) is 9.96. The Hall–Kier alpha value is -3.41. The molecule has 156 valence electrons. The Balaban J connectivity index is 1.47. The molecule has 0 saturated carbocycles. The maximum Gasteiger partial charge on any atom is 0.243 e. The molecule has 3 aromatic rings. The number of amides is 1. The Morgan fingerprint density at radius 3 is 2.90 bits per heavy atom. The van der Waals surface area contributed by atoms with Crippen LogP contribution >= 0.6 is 0 Å². The van der Waals surface area contributed by atoms with Crippen LogP contribution in [0.2, 0.25) is 0 Å². The molecule has 1 aromatic heterocycles. The molecule has 0 bridgehead atoms. The topological polar surface area (TPSA) is 63.2 Å². The number of hydrogen-bond donors (Lipinski definition) is 2. The van der Waals surface area contributed by atoms with E-state index in [0.717, 1.165) is 35.2 Å². The van der Waals surface area contributed by atoms with E-state index < -0.39 is 0 Å². The maximum atomic E-state index is 13.1. The van der Waals surface area contributed by atoms with Gasteiger partial charge in [-0.1, -0.05) is 18.2 Å². The van der Waals surface area contributed by atoms with E-state index in [1.807, 2.05) is 24.3 Å². The average molecular weight is 407 g/mol. The Morgan fingerprint density at radius 2 is 2.10 bits per heavy atom. The van der Waals surface area contributed by atoms with Gasteiger partial charge in [0.15, 0.2) is 0 Å². The fourth-order valence-corrected chi connectivity index (χ4v) is 3.19. The van der Waals surface area contributed by atoms with Gasteiger partial charge in [-0.3, -0.25) is 9.78 Å². The molecule has 1 unspecified atom stereocenters. The second-order valence-electron chi connectivity index (χ2n) is 7.12. The number of carbonyl (C=O) groups is 1. The summed E-state index contributed by atoms with van der Waals surface area (Å²) in [6.07, 6.45) is 6.49.